The van der Waals surface area contributed by atoms with Crippen LogP contribution in [0.15, 0.2) is 110 Å². The van der Waals surface area contributed by atoms with E-state index in [4.69, 9.17) is 0 Å². The quantitative estimate of drug-likeness (QED) is 0.185. The molecule has 0 bridgehead atoms. The van der Waals surface area contributed by atoms with E-state index in [-0.39, 0.29) is 0 Å². The number of benzene rings is 4. The SMILES string of the molecule is C=Cc1c(CCC)c2c(n1-c1ccc(CCc3ccc(-n4c5ccccc5c5ccccc54)cc3)cc1)C=CCC2. The number of rotatable bonds is 8. The summed E-state index contributed by atoms with van der Waals surface area (Å²) in [6.07, 6.45) is 13.2. The van der Waals surface area contributed by atoms with Gasteiger partial charge >= 0.3 is 0 Å². The first-order valence-corrected chi connectivity index (χ1v) is 15.0. The highest BCUT2D eigenvalue weighted by molar-refractivity contribution is 6.09. The maximum absolute atomic E-state index is 4.19. The van der Waals surface area contributed by atoms with Gasteiger partial charge in [0.1, 0.15) is 0 Å². The van der Waals surface area contributed by atoms with Crippen molar-refractivity contribution >= 4 is 34.0 Å². The van der Waals surface area contributed by atoms with Gasteiger partial charge in [0.2, 0.25) is 0 Å². The maximum Gasteiger partial charge on any atom is 0.0541 e. The zero-order chi connectivity index (χ0) is 27.8. The van der Waals surface area contributed by atoms with Crippen molar-refractivity contribution in [2.24, 2.45) is 0 Å². The third-order valence-corrected chi connectivity index (χ3v) is 8.67. The predicted molar refractivity (Wildman–Crippen MR) is 175 cm³/mol. The minimum absolute atomic E-state index is 1.02. The number of para-hydroxylation sites is 2. The van der Waals surface area contributed by atoms with Crippen molar-refractivity contribution in [2.75, 3.05) is 0 Å². The van der Waals surface area contributed by atoms with Gasteiger partial charge in [0.05, 0.1) is 11.0 Å². The standard InChI is InChI=1S/C39H36N2/c1-3-11-32-33-12-5-8-15-37(33)40(36(32)4-2)30-24-20-28(21-25-30)18-19-29-22-26-31(27-23-29)41-38-16-9-6-13-34(38)35-14-7-10-17-39(35)41/h4,6-10,13-17,20-27H,2-3,5,11-12,18-19H2,1H3. The lowest BCUT2D eigenvalue weighted by atomic mass is 9.96. The number of hydrogen-bond donors (Lipinski definition) is 0. The molecule has 7 rings (SSSR count). The van der Waals surface area contributed by atoms with E-state index in [0.717, 1.165) is 38.5 Å². The largest absolute Gasteiger partial charge is 0.310 e. The summed E-state index contributed by atoms with van der Waals surface area (Å²) >= 11 is 0. The van der Waals surface area contributed by atoms with Gasteiger partial charge in [0.15, 0.2) is 0 Å². The van der Waals surface area contributed by atoms with Crippen molar-refractivity contribution in [3.8, 4) is 11.4 Å². The fourth-order valence-corrected chi connectivity index (χ4v) is 6.72. The van der Waals surface area contributed by atoms with E-state index < -0.39 is 0 Å². The molecule has 0 unspecified atom stereocenters. The van der Waals surface area contributed by atoms with Crippen LogP contribution in [0, 0.1) is 0 Å². The van der Waals surface area contributed by atoms with Crippen molar-refractivity contribution in [1.29, 1.82) is 0 Å². The molecular formula is C39H36N2. The van der Waals surface area contributed by atoms with E-state index in [1.165, 1.54) is 66.8 Å². The lowest BCUT2D eigenvalue weighted by molar-refractivity contribution is 0.886. The van der Waals surface area contributed by atoms with Crippen LogP contribution in [0.5, 0.6) is 0 Å². The molecule has 2 heterocycles. The van der Waals surface area contributed by atoms with Crippen LogP contribution >= 0.6 is 0 Å². The third-order valence-electron chi connectivity index (χ3n) is 8.67. The molecule has 4 aromatic carbocycles. The molecule has 6 aromatic rings. The highest BCUT2D eigenvalue weighted by Gasteiger charge is 2.21. The van der Waals surface area contributed by atoms with Gasteiger partial charge in [-0.2, -0.15) is 0 Å². The Morgan fingerprint density at radius 3 is 1.80 bits per heavy atom. The number of aromatic nitrogens is 2. The van der Waals surface area contributed by atoms with Crippen molar-refractivity contribution in [3.63, 3.8) is 0 Å². The highest BCUT2D eigenvalue weighted by atomic mass is 15.0. The normalized spacial score (nSPS) is 12.7. The minimum atomic E-state index is 1.02. The summed E-state index contributed by atoms with van der Waals surface area (Å²) in [5, 5.41) is 2.60. The Hall–Kier alpha value is -4.56. The van der Waals surface area contributed by atoms with E-state index >= 15 is 0 Å². The van der Waals surface area contributed by atoms with Gasteiger partial charge in [-0.25, -0.2) is 0 Å². The number of aryl methyl sites for hydroxylation is 2. The smallest absolute Gasteiger partial charge is 0.0541 e. The first-order chi connectivity index (χ1) is 20.3. The Morgan fingerprint density at radius 1 is 0.683 bits per heavy atom. The second kappa shape index (κ2) is 10.8. The Labute approximate surface area is 242 Å². The van der Waals surface area contributed by atoms with Crippen molar-refractivity contribution in [2.45, 2.75) is 45.4 Å². The summed E-state index contributed by atoms with van der Waals surface area (Å²) < 4.78 is 4.80. The molecule has 0 amide bonds. The zero-order valence-electron chi connectivity index (χ0n) is 23.8. The second-order valence-electron chi connectivity index (χ2n) is 11.2. The molecule has 0 fully saturated rings. The lowest BCUT2D eigenvalue weighted by Crippen LogP contribution is -2.02. The van der Waals surface area contributed by atoms with Crippen LogP contribution in [0.25, 0.3) is 45.3 Å². The number of hydrogen-bond acceptors (Lipinski definition) is 0. The van der Waals surface area contributed by atoms with E-state index in [1.807, 2.05) is 6.08 Å². The Kier molecular flexibility index (Phi) is 6.68. The molecule has 0 saturated heterocycles. The zero-order valence-corrected chi connectivity index (χ0v) is 23.8. The lowest BCUT2D eigenvalue weighted by Gasteiger charge is -2.13. The van der Waals surface area contributed by atoms with Crippen molar-refractivity contribution < 1.29 is 0 Å². The van der Waals surface area contributed by atoms with Gasteiger partial charge < -0.3 is 9.13 Å². The third kappa shape index (κ3) is 4.44. The van der Waals surface area contributed by atoms with E-state index in [0.29, 0.717) is 0 Å². The number of allylic oxidation sites excluding steroid dienone is 1. The van der Waals surface area contributed by atoms with Crippen molar-refractivity contribution in [3.05, 3.63) is 143 Å². The predicted octanol–water partition coefficient (Wildman–Crippen LogP) is 9.91. The molecule has 2 heteroatoms. The molecule has 0 atom stereocenters. The Morgan fingerprint density at radius 2 is 1.24 bits per heavy atom. The maximum atomic E-state index is 4.19. The number of fused-ring (bicyclic) bond motifs is 4. The van der Waals surface area contributed by atoms with Crippen LogP contribution in [0.4, 0.5) is 0 Å². The Balaban J connectivity index is 1.12. The van der Waals surface area contributed by atoms with Gasteiger partial charge in [-0.1, -0.05) is 86.7 Å². The summed E-state index contributed by atoms with van der Waals surface area (Å²) in [5.41, 5.74) is 13.3. The molecule has 0 radical (unpaired) electrons. The van der Waals surface area contributed by atoms with Crippen LogP contribution in [0.2, 0.25) is 0 Å². The van der Waals surface area contributed by atoms with E-state index in [9.17, 15) is 0 Å². The second-order valence-corrected chi connectivity index (χ2v) is 11.2. The van der Waals surface area contributed by atoms with Gasteiger partial charge in [-0.3, -0.25) is 0 Å². The molecule has 2 nitrogen and oxygen atoms in total. The Bertz CT molecular complexity index is 1840. The molecular weight excluding hydrogens is 496 g/mol. The highest BCUT2D eigenvalue weighted by Crippen LogP contribution is 2.34. The average Bonchev–Trinajstić information content (AvgIpc) is 3.53. The van der Waals surface area contributed by atoms with E-state index in [1.54, 1.807) is 0 Å². The molecule has 0 N–H and O–H groups in total. The summed E-state index contributed by atoms with van der Waals surface area (Å²) in [6.45, 7) is 6.46. The monoisotopic (exact) mass is 532 g/mol. The fourth-order valence-electron chi connectivity index (χ4n) is 6.72. The molecule has 0 spiro atoms. The van der Waals surface area contributed by atoms with Gasteiger partial charge in [0.25, 0.3) is 0 Å². The molecule has 1 aliphatic rings. The summed E-state index contributed by atoms with van der Waals surface area (Å²) in [4.78, 5) is 0. The van der Waals surface area contributed by atoms with Crippen molar-refractivity contribution in [1.82, 2.24) is 9.13 Å². The first kappa shape index (κ1) is 25.4. The minimum Gasteiger partial charge on any atom is -0.310 e. The molecule has 1 aliphatic carbocycles. The van der Waals surface area contributed by atoms with Crippen LogP contribution in [0.3, 0.4) is 0 Å². The van der Waals surface area contributed by atoms with Crippen LogP contribution in [-0.4, -0.2) is 9.13 Å². The summed E-state index contributed by atoms with van der Waals surface area (Å²) in [6, 6.07) is 35.7. The van der Waals surface area contributed by atoms with Crippen LogP contribution in [-0.2, 0) is 25.7 Å². The average molecular weight is 533 g/mol. The molecule has 2 aromatic heterocycles. The molecule has 202 valence electrons. The molecule has 0 aliphatic heterocycles. The first-order valence-electron chi connectivity index (χ1n) is 15.0. The molecule has 41 heavy (non-hydrogen) atoms. The summed E-state index contributed by atoms with van der Waals surface area (Å²) in [7, 11) is 0. The molecule has 0 saturated carbocycles. The fraction of sp³-hybridized carbons (Fsp3) is 0.179. The van der Waals surface area contributed by atoms with Crippen LogP contribution in [0.1, 0.15) is 53.4 Å². The van der Waals surface area contributed by atoms with Crippen LogP contribution < -0.4 is 0 Å². The topological polar surface area (TPSA) is 9.86 Å². The van der Waals surface area contributed by atoms with Gasteiger partial charge in [-0.15, -0.1) is 0 Å². The van der Waals surface area contributed by atoms with E-state index in [2.05, 4.69) is 132 Å². The van der Waals surface area contributed by atoms with Gasteiger partial charge in [-0.05, 0) is 103 Å². The van der Waals surface area contributed by atoms with Gasteiger partial charge in [0, 0.05) is 33.5 Å². The summed E-state index contributed by atoms with van der Waals surface area (Å²) in [5.74, 6) is 0. The number of nitrogens with zero attached hydrogens (tertiary/aromatic N) is 2.